The number of piperidine rings is 1. The van der Waals surface area contributed by atoms with Gasteiger partial charge in [0, 0.05) is 13.1 Å². The van der Waals surface area contributed by atoms with Crippen molar-refractivity contribution in [1.29, 1.82) is 0 Å². The molecule has 1 unspecified atom stereocenters. The zero-order chi connectivity index (χ0) is 10.7. The van der Waals surface area contributed by atoms with Gasteiger partial charge in [0.25, 0.3) is 0 Å². The van der Waals surface area contributed by atoms with E-state index in [1.165, 1.54) is 12.8 Å². The van der Waals surface area contributed by atoms with Crippen molar-refractivity contribution in [3.8, 4) is 0 Å². The number of benzene rings is 1. The van der Waals surface area contributed by atoms with Gasteiger partial charge in [-0.2, -0.15) is 0 Å². The summed E-state index contributed by atoms with van der Waals surface area (Å²) in [5.74, 6) is 0.673. The Balaban J connectivity index is 2.04. The van der Waals surface area contributed by atoms with Crippen molar-refractivity contribution in [2.45, 2.75) is 24.7 Å². The maximum atomic E-state index is 12.2. The van der Waals surface area contributed by atoms with E-state index in [0.29, 0.717) is 5.92 Å². The van der Waals surface area contributed by atoms with E-state index in [0.717, 1.165) is 18.0 Å². The normalized spacial score (nSPS) is 25.1. The van der Waals surface area contributed by atoms with E-state index in [2.05, 4.69) is 11.2 Å². The first-order valence-corrected chi connectivity index (χ1v) is 6.60. The van der Waals surface area contributed by atoms with Gasteiger partial charge in [0.2, 0.25) is 0 Å². The SMILES string of the molecule is C[C@H]1CCCN([S+]([O-])c2ccccc2)C1. The van der Waals surface area contributed by atoms with E-state index in [-0.39, 0.29) is 0 Å². The molecule has 2 atom stereocenters. The third-order valence-electron chi connectivity index (χ3n) is 2.80. The van der Waals surface area contributed by atoms with Gasteiger partial charge in [-0.1, -0.05) is 25.1 Å². The molecular formula is C12H17NOS. The van der Waals surface area contributed by atoms with E-state index in [1.54, 1.807) is 0 Å². The lowest BCUT2D eigenvalue weighted by Gasteiger charge is -2.30. The van der Waals surface area contributed by atoms with Crippen molar-refractivity contribution in [3.05, 3.63) is 30.3 Å². The lowest BCUT2D eigenvalue weighted by Crippen LogP contribution is -2.39. The summed E-state index contributed by atoms with van der Waals surface area (Å²) in [4.78, 5) is 0.923. The average Bonchev–Trinajstić information content (AvgIpc) is 2.29. The Morgan fingerprint density at radius 3 is 2.73 bits per heavy atom. The van der Waals surface area contributed by atoms with Crippen LogP contribution in [0.4, 0.5) is 0 Å². The van der Waals surface area contributed by atoms with Crippen molar-refractivity contribution >= 4 is 11.4 Å². The Hall–Kier alpha value is -0.510. The van der Waals surface area contributed by atoms with Crippen LogP contribution in [0.5, 0.6) is 0 Å². The molecule has 1 fully saturated rings. The van der Waals surface area contributed by atoms with Crippen molar-refractivity contribution in [2.24, 2.45) is 5.92 Å². The molecule has 3 heteroatoms. The van der Waals surface area contributed by atoms with Gasteiger partial charge in [-0.15, -0.1) is 4.31 Å². The fourth-order valence-electron chi connectivity index (χ4n) is 1.98. The molecule has 1 aromatic carbocycles. The highest BCUT2D eigenvalue weighted by Crippen LogP contribution is 2.22. The molecule has 82 valence electrons. The van der Waals surface area contributed by atoms with E-state index in [4.69, 9.17) is 0 Å². The standard InChI is InChI=1S/C12H17NOS/c1-11-6-5-9-13(10-11)15(14)12-7-3-2-4-8-12/h2-4,7-8,11H,5-6,9-10H2,1H3/t11-,15?/m0/s1. The summed E-state index contributed by atoms with van der Waals surface area (Å²) in [6.45, 7) is 4.15. The molecule has 15 heavy (non-hydrogen) atoms. The van der Waals surface area contributed by atoms with E-state index in [9.17, 15) is 4.55 Å². The molecule has 0 bridgehead atoms. The fourth-order valence-corrected chi connectivity index (χ4v) is 3.36. The first-order chi connectivity index (χ1) is 7.27. The van der Waals surface area contributed by atoms with Gasteiger partial charge in [0.05, 0.1) is 11.4 Å². The molecule has 0 aliphatic carbocycles. The Morgan fingerprint density at radius 2 is 2.07 bits per heavy atom. The van der Waals surface area contributed by atoms with Crippen LogP contribution in [0.15, 0.2) is 35.2 Å². The highest BCUT2D eigenvalue weighted by atomic mass is 32.2. The summed E-state index contributed by atoms with van der Waals surface area (Å²) in [5.41, 5.74) is 0. The molecule has 2 nitrogen and oxygen atoms in total. The number of hydrogen-bond donors (Lipinski definition) is 0. The highest BCUT2D eigenvalue weighted by molar-refractivity contribution is 7.89. The van der Waals surface area contributed by atoms with Gasteiger partial charge in [0.1, 0.15) is 0 Å². The van der Waals surface area contributed by atoms with Crippen LogP contribution in [-0.2, 0) is 11.4 Å². The van der Waals surface area contributed by atoms with Crippen LogP contribution in [0.3, 0.4) is 0 Å². The molecule has 0 aromatic heterocycles. The Morgan fingerprint density at radius 1 is 1.33 bits per heavy atom. The van der Waals surface area contributed by atoms with Gasteiger partial charge >= 0.3 is 0 Å². The Bertz CT molecular complexity index is 304. The van der Waals surface area contributed by atoms with E-state index < -0.39 is 11.4 Å². The van der Waals surface area contributed by atoms with E-state index >= 15 is 0 Å². The first-order valence-electron chi connectivity index (χ1n) is 5.49. The van der Waals surface area contributed by atoms with Gasteiger partial charge in [-0.05, 0) is 30.9 Å². The predicted octanol–water partition coefficient (Wildman–Crippen LogP) is 2.44. The second kappa shape index (κ2) is 5.01. The lowest BCUT2D eigenvalue weighted by atomic mass is 10.0. The molecule has 1 heterocycles. The summed E-state index contributed by atoms with van der Waals surface area (Å²) in [5, 5.41) is 0. The van der Waals surface area contributed by atoms with Gasteiger partial charge in [-0.25, -0.2) is 0 Å². The van der Waals surface area contributed by atoms with Crippen LogP contribution in [-0.4, -0.2) is 21.9 Å². The summed E-state index contributed by atoms with van der Waals surface area (Å²) < 4.78 is 14.3. The third-order valence-corrected chi connectivity index (χ3v) is 4.28. The van der Waals surface area contributed by atoms with Gasteiger partial charge in [0.15, 0.2) is 4.90 Å². The average molecular weight is 223 g/mol. The first kappa shape index (κ1) is 11.0. The van der Waals surface area contributed by atoms with Crippen LogP contribution >= 0.6 is 0 Å². The maximum absolute atomic E-state index is 12.2. The molecule has 0 radical (unpaired) electrons. The zero-order valence-electron chi connectivity index (χ0n) is 9.06. The van der Waals surface area contributed by atoms with Crippen molar-refractivity contribution in [2.75, 3.05) is 13.1 Å². The minimum absolute atomic E-state index is 0.673. The number of nitrogens with zero attached hydrogens (tertiary/aromatic N) is 1. The summed E-state index contributed by atoms with van der Waals surface area (Å²) in [6.07, 6.45) is 2.43. The van der Waals surface area contributed by atoms with Crippen LogP contribution < -0.4 is 0 Å². The molecule has 1 aliphatic heterocycles. The van der Waals surface area contributed by atoms with Crippen LogP contribution in [0.2, 0.25) is 0 Å². The largest absolute Gasteiger partial charge is 0.593 e. The second-order valence-electron chi connectivity index (χ2n) is 4.20. The van der Waals surface area contributed by atoms with Gasteiger partial charge < -0.3 is 4.55 Å². The van der Waals surface area contributed by atoms with Crippen molar-refractivity contribution in [3.63, 3.8) is 0 Å². The smallest absolute Gasteiger partial charge is 0.174 e. The van der Waals surface area contributed by atoms with Crippen molar-refractivity contribution in [1.82, 2.24) is 4.31 Å². The summed E-state index contributed by atoms with van der Waals surface area (Å²) in [6, 6.07) is 9.73. The number of rotatable bonds is 2. The molecule has 0 saturated carbocycles. The summed E-state index contributed by atoms with van der Waals surface area (Å²) in [7, 11) is 0. The topological polar surface area (TPSA) is 26.3 Å². The predicted molar refractivity (Wildman–Crippen MR) is 62.8 cm³/mol. The molecule has 0 spiro atoms. The maximum Gasteiger partial charge on any atom is 0.174 e. The molecule has 0 amide bonds. The molecule has 1 saturated heterocycles. The molecular weight excluding hydrogens is 206 g/mol. The molecule has 0 N–H and O–H groups in total. The molecule has 2 rings (SSSR count). The molecule has 1 aliphatic rings. The Kier molecular flexibility index (Phi) is 3.67. The lowest BCUT2D eigenvalue weighted by molar-refractivity contribution is 0.281. The number of hydrogen-bond acceptors (Lipinski definition) is 2. The second-order valence-corrected chi connectivity index (χ2v) is 5.68. The quantitative estimate of drug-likeness (QED) is 0.720. The third kappa shape index (κ3) is 2.74. The van der Waals surface area contributed by atoms with Crippen LogP contribution in [0, 0.1) is 5.92 Å². The van der Waals surface area contributed by atoms with Crippen LogP contribution in [0.25, 0.3) is 0 Å². The van der Waals surface area contributed by atoms with Crippen molar-refractivity contribution < 1.29 is 4.55 Å². The minimum Gasteiger partial charge on any atom is -0.593 e. The molecule has 1 aromatic rings. The summed E-state index contributed by atoms with van der Waals surface area (Å²) >= 11 is -0.957. The van der Waals surface area contributed by atoms with Gasteiger partial charge in [-0.3, -0.25) is 0 Å². The van der Waals surface area contributed by atoms with Crippen LogP contribution in [0.1, 0.15) is 19.8 Å². The fraction of sp³-hybridized carbons (Fsp3) is 0.500. The monoisotopic (exact) mass is 223 g/mol. The Labute approximate surface area is 94.6 Å². The van der Waals surface area contributed by atoms with E-state index in [1.807, 2.05) is 30.3 Å². The highest BCUT2D eigenvalue weighted by Gasteiger charge is 2.27. The minimum atomic E-state index is -0.957. The zero-order valence-corrected chi connectivity index (χ0v) is 9.87.